The number of halogens is 1. The van der Waals surface area contributed by atoms with Crippen molar-refractivity contribution in [1.29, 1.82) is 0 Å². The van der Waals surface area contributed by atoms with Gasteiger partial charge in [0, 0.05) is 17.5 Å². The van der Waals surface area contributed by atoms with E-state index in [1.165, 1.54) is 12.1 Å². The minimum Gasteiger partial charge on any atom is -0.465 e. The number of alkyl carbamates (subject to hydrolysis) is 1. The molecule has 2 heterocycles. The normalized spacial score (nSPS) is 16.9. The van der Waals surface area contributed by atoms with E-state index in [0.29, 0.717) is 23.6 Å². The van der Waals surface area contributed by atoms with Crippen molar-refractivity contribution in [2.75, 3.05) is 0 Å². The molecule has 1 atom stereocenters. The van der Waals surface area contributed by atoms with Crippen LogP contribution in [0.1, 0.15) is 30.7 Å². The minimum absolute atomic E-state index is 0.170. The monoisotopic (exact) mass is 418 g/mol. The predicted molar refractivity (Wildman–Crippen MR) is 117 cm³/mol. The highest BCUT2D eigenvalue weighted by atomic mass is 19.1. The van der Waals surface area contributed by atoms with Crippen molar-refractivity contribution >= 4 is 11.7 Å². The fourth-order valence-electron chi connectivity index (χ4n) is 3.56. The number of ether oxygens (including phenoxy) is 2. The Hall–Kier alpha value is -3.67. The van der Waals surface area contributed by atoms with Crippen LogP contribution >= 0.6 is 0 Å². The number of hydrogen-bond donors (Lipinski definition) is 1. The maximum absolute atomic E-state index is 13.3. The number of nitrogens with one attached hydrogen (secondary N) is 1. The summed E-state index contributed by atoms with van der Waals surface area (Å²) in [5.41, 5.74) is 3.63. The largest absolute Gasteiger partial charge is 0.465 e. The summed E-state index contributed by atoms with van der Waals surface area (Å²) in [5.74, 6) is 0.281. The van der Waals surface area contributed by atoms with Crippen LogP contribution in [-0.2, 0) is 17.8 Å². The van der Waals surface area contributed by atoms with Gasteiger partial charge in [0.2, 0.25) is 0 Å². The second-order valence-electron chi connectivity index (χ2n) is 7.83. The molecule has 3 aromatic rings. The number of carbonyl (C=O) groups is 1. The number of carbonyl (C=O) groups excluding carboxylic acids is 1. The standard InChI is InChI=1S/C25H23FN2O3/c1-16(2)22-23-19(13-21(27-22)18-9-11-20(26)12-10-18)14-25(3,31-23)28-24(29)30-15-17-7-5-4-6-8-17/h4-13H,1,14-15H2,2-3H3,(H,28,29). The first-order valence-electron chi connectivity index (χ1n) is 9.96. The molecule has 0 bridgehead atoms. The van der Waals surface area contributed by atoms with E-state index < -0.39 is 11.8 Å². The average Bonchev–Trinajstić information content (AvgIpc) is 3.08. The first kappa shape index (κ1) is 20.6. The molecule has 1 N–H and O–H groups in total. The number of amides is 1. The fourth-order valence-corrected chi connectivity index (χ4v) is 3.56. The van der Waals surface area contributed by atoms with E-state index in [2.05, 4.69) is 16.9 Å². The summed E-state index contributed by atoms with van der Waals surface area (Å²) in [4.78, 5) is 17.1. The molecule has 1 aliphatic heterocycles. The highest BCUT2D eigenvalue weighted by Gasteiger charge is 2.39. The van der Waals surface area contributed by atoms with Gasteiger partial charge in [0.05, 0.1) is 5.69 Å². The number of nitrogens with zero attached hydrogens (tertiary/aromatic N) is 1. The molecule has 0 saturated carbocycles. The Morgan fingerprint density at radius 1 is 1.23 bits per heavy atom. The van der Waals surface area contributed by atoms with Gasteiger partial charge in [-0.1, -0.05) is 36.9 Å². The van der Waals surface area contributed by atoms with Crippen molar-refractivity contribution in [3.8, 4) is 17.0 Å². The van der Waals surface area contributed by atoms with Crippen molar-refractivity contribution in [2.24, 2.45) is 0 Å². The summed E-state index contributed by atoms with van der Waals surface area (Å²) in [6.07, 6.45) is -0.137. The lowest BCUT2D eigenvalue weighted by Crippen LogP contribution is -2.49. The first-order chi connectivity index (χ1) is 14.8. The molecular weight excluding hydrogens is 395 g/mol. The summed E-state index contributed by atoms with van der Waals surface area (Å²) in [6.45, 7) is 7.81. The minimum atomic E-state index is -0.983. The van der Waals surface area contributed by atoms with Crippen LogP contribution in [0.25, 0.3) is 16.8 Å². The highest BCUT2D eigenvalue weighted by Crippen LogP contribution is 2.40. The number of rotatable bonds is 5. The van der Waals surface area contributed by atoms with Gasteiger partial charge >= 0.3 is 6.09 Å². The van der Waals surface area contributed by atoms with Gasteiger partial charge in [-0.3, -0.25) is 5.32 Å². The SMILES string of the molecule is C=C(C)c1nc(-c2ccc(F)cc2)cc2c1OC(C)(NC(=O)OCc1ccccc1)C2. The molecule has 0 radical (unpaired) electrons. The number of aromatic nitrogens is 1. The van der Waals surface area contributed by atoms with Gasteiger partial charge in [0.15, 0.2) is 11.5 Å². The van der Waals surface area contributed by atoms with Crippen LogP contribution in [-0.4, -0.2) is 16.8 Å². The molecule has 0 spiro atoms. The van der Waals surface area contributed by atoms with Crippen molar-refractivity contribution < 1.29 is 18.7 Å². The molecule has 158 valence electrons. The zero-order valence-corrected chi connectivity index (χ0v) is 17.4. The Morgan fingerprint density at radius 2 is 1.94 bits per heavy atom. The number of hydrogen-bond acceptors (Lipinski definition) is 4. The Labute approximate surface area is 180 Å². The van der Waals surface area contributed by atoms with E-state index in [1.807, 2.05) is 43.3 Å². The highest BCUT2D eigenvalue weighted by molar-refractivity contribution is 5.73. The van der Waals surface area contributed by atoms with Gasteiger partial charge in [0.1, 0.15) is 18.1 Å². The Kier molecular flexibility index (Phi) is 5.46. The van der Waals surface area contributed by atoms with Gasteiger partial charge in [0.25, 0.3) is 0 Å². The van der Waals surface area contributed by atoms with E-state index in [9.17, 15) is 9.18 Å². The molecule has 1 unspecified atom stereocenters. The third kappa shape index (κ3) is 4.58. The molecule has 31 heavy (non-hydrogen) atoms. The molecule has 2 aromatic carbocycles. The molecular formula is C25H23FN2O3. The van der Waals surface area contributed by atoms with Gasteiger partial charge in [-0.25, -0.2) is 14.2 Å². The summed E-state index contributed by atoms with van der Waals surface area (Å²) in [6, 6.07) is 17.5. The molecule has 1 aliphatic rings. The van der Waals surface area contributed by atoms with E-state index in [4.69, 9.17) is 9.47 Å². The third-order valence-electron chi connectivity index (χ3n) is 5.03. The van der Waals surface area contributed by atoms with Gasteiger partial charge in [-0.2, -0.15) is 0 Å². The second-order valence-corrected chi connectivity index (χ2v) is 7.83. The van der Waals surface area contributed by atoms with Gasteiger partial charge in [-0.15, -0.1) is 0 Å². The maximum Gasteiger partial charge on any atom is 0.410 e. The first-order valence-corrected chi connectivity index (χ1v) is 9.96. The Balaban J connectivity index is 1.53. The molecule has 0 saturated heterocycles. The lowest BCUT2D eigenvalue weighted by Gasteiger charge is -2.25. The van der Waals surface area contributed by atoms with E-state index in [1.54, 1.807) is 19.1 Å². The Bertz CT molecular complexity index is 1130. The van der Waals surface area contributed by atoms with Crippen molar-refractivity contribution in [1.82, 2.24) is 10.3 Å². The number of fused-ring (bicyclic) bond motifs is 1. The quantitative estimate of drug-likeness (QED) is 0.595. The molecule has 0 fully saturated rings. The van der Waals surface area contributed by atoms with Crippen LogP contribution in [0.15, 0.2) is 67.2 Å². The second kappa shape index (κ2) is 8.22. The molecule has 1 aromatic heterocycles. The van der Waals surface area contributed by atoms with Crippen LogP contribution < -0.4 is 10.1 Å². The van der Waals surface area contributed by atoms with E-state index in [-0.39, 0.29) is 12.4 Å². The summed E-state index contributed by atoms with van der Waals surface area (Å²) < 4.78 is 24.8. The van der Waals surface area contributed by atoms with Crippen molar-refractivity contribution in [2.45, 2.75) is 32.6 Å². The lowest BCUT2D eigenvalue weighted by atomic mass is 10.0. The topological polar surface area (TPSA) is 60.5 Å². The van der Waals surface area contributed by atoms with E-state index in [0.717, 1.165) is 22.3 Å². The van der Waals surface area contributed by atoms with Crippen molar-refractivity contribution in [3.05, 3.63) is 89.9 Å². The molecule has 0 aliphatic carbocycles. The maximum atomic E-state index is 13.3. The number of benzene rings is 2. The smallest absolute Gasteiger partial charge is 0.410 e. The van der Waals surface area contributed by atoms with Crippen LogP contribution in [0.4, 0.5) is 9.18 Å². The molecule has 6 heteroatoms. The summed E-state index contributed by atoms with van der Waals surface area (Å²) in [5, 5.41) is 2.81. The molecule has 4 rings (SSSR count). The number of allylic oxidation sites excluding steroid dienone is 1. The predicted octanol–water partition coefficient (Wildman–Crippen LogP) is 5.50. The van der Waals surface area contributed by atoms with Crippen LogP contribution in [0.5, 0.6) is 5.75 Å². The van der Waals surface area contributed by atoms with Crippen LogP contribution in [0.2, 0.25) is 0 Å². The average molecular weight is 418 g/mol. The van der Waals surface area contributed by atoms with Crippen molar-refractivity contribution in [3.63, 3.8) is 0 Å². The van der Waals surface area contributed by atoms with Crippen LogP contribution in [0.3, 0.4) is 0 Å². The number of pyridine rings is 1. The summed E-state index contributed by atoms with van der Waals surface area (Å²) >= 11 is 0. The molecule has 1 amide bonds. The zero-order chi connectivity index (χ0) is 22.0. The third-order valence-corrected chi connectivity index (χ3v) is 5.03. The Morgan fingerprint density at radius 3 is 2.61 bits per heavy atom. The molecule has 5 nitrogen and oxygen atoms in total. The van der Waals surface area contributed by atoms with Gasteiger partial charge < -0.3 is 9.47 Å². The fraction of sp³-hybridized carbons (Fsp3) is 0.200. The van der Waals surface area contributed by atoms with Gasteiger partial charge in [-0.05, 0) is 55.3 Å². The van der Waals surface area contributed by atoms with E-state index >= 15 is 0 Å². The lowest BCUT2D eigenvalue weighted by molar-refractivity contribution is 0.0581. The summed E-state index contributed by atoms with van der Waals surface area (Å²) in [7, 11) is 0. The zero-order valence-electron chi connectivity index (χ0n) is 17.4. The van der Waals surface area contributed by atoms with Crippen LogP contribution in [0, 0.1) is 5.82 Å².